The fourth-order valence-corrected chi connectivity index (χ4v) is 1.91. The summed E-state index contributed by atoms with van der Waals surface area (Å²) in [5.41, 5.74) is 2.23. The predicted molar refractivity (Wildman–Crippen MR) is 66.1 cm³/mol. The molecule has 2 rings (SSSR count). The van der Waals surface area contributed by atoms with E-state index in [4.69, 9.17) is 0 Å². The van der Waals surface area contributed by atoms with E-state index in [1.54, 1.807) is 24.9 Å². The normalized spacial score (nSPS) is 10.7. The minimum absolute atomic E-state index is 0.181. The summed E-state index contributed by atoms with van der Waals surface area (Å²) in [7, 11) is 3.51. The van der Waals surface area contributed by atoms with Gasteiger partial charge in [-0.05, 0) is 13.8 Å². The topological polar surface area (TPSA) is 85.0 Å². The van der Waals surface area contributed by atoms with Gasteiger partial charge in [0, 0.05) is 20.3 Å². The summed E-state index contributed by atoms with van der Waals surface area (Å²) in [6, 6.07) is 0. The van der Waals surface area contributed by atoms with Crippen molar-refractivity contribution in [2.75, 3.05) is 5.32 Å². The van der Waals surface area contributed by atoms with E-state index < -0.39 is 5.97 Å². The highest BCUT2D eigenvalue weighted by atomic mass is 16.4. The molecule has 0 amide bonds. The van der Waals surface area contributed by atoms with Crippen molar-refractivity contribution in [3.05, 3.63) is 23.1 Å². The molecule has 2 N–H and O–H groups in total. The van der Waals surface area contributed by atoms with Crippen molar-refractivity contribution in [3.63, 3.8) is 0 Å². The second-order valence-electron chi connectivity index (χ2n) is 4.16. The van der Waals surface area contributed by atoms with Crippen molar-refractivity contribution in [1.29, 1.82) is 0 Å². The Kier molecular flexibility index (Phi) is 2.82. The third-order valence-corrected chi connectivity index (χ3v) is 2.70. The minimum atomic E-state index is -0.996. The van der Waals surface area contributed by atoms with Crippen LogP contribution in [0.5, 0.6) is 0 Å². The number of anilines is 2. The maximum atomic E-state index is 11.2. The van der Waals surface area contributed by atoms with Gasteiger partial charge in [-0.15, -0.1) is 0 Å². The first kappa shape index (κ1) is 12.2. The van der Waals surface area contributed by atoms with Crippen molar-refractivity contribution in [2.45, 2.75) is 13.8 Å². The molecule has 0 saturated carbocycles. The van der Waals surface area contributed by atoms with Crippen molar-refractivity contribution >= 4 is 17.5 Å². The first-order chi connectivity index (χ1) is 8.40. The van der Waals surface area contributed by atoms with Crippen LogP contribution >= 0.6 is 0 Å². The number of aromatic carboxylic acids is 1. The Hall–Kier alpha value is -2.31. The molecule has 0 atom stereocenters. The van der Waals surface area contributed by atoms with Gasteiger partial charge in [-0.2, -0.15) is 10.2 Å². The Morgan fingerprint density at radius 3 is 2.44 bits per heavy atom. The Labute approximate surface area is 104 Å². The smallest absolute Gasteiger partial charge is 0.341 e. The highest BCUT2D eigenvalue weighted by Crippen LogP contribution is 2.24. The van der Waals surface area contributed by atoms with Crippen molar-refractivity contribution in [2.24, 2.45) is 14.1 Å². The van der Waals surface area contributed by atoms with Crippen LogP contribution < -0.4 is 5.32 Å². The van der Waals surface area contributed by atoms with Crippen LogP contribution in [0.3, 0.4) is 0 Å². The third-order valence-electron chi connectivity index (χ3n) is 2.70. The quantitative estimate of drug-likeness (QED) is 0.854. The molecule has 2 aromatic heterocycles. The van der Waals surface area contributed by atoms with Gasteiger partial charge in [0.2, 0.25) is 0 Å². The average molecular weight is 249 g/mol. The van der Waals surface area contributed by atoms with Crippen molar-refractivity contribution < 1.29 is 9.90 Å². The van der Waals surface area contributed by atoms with E-state index in [0.29, 0.717) is 11.5 Å². The molecule has 0 radical (unpaired) electrons. The lowest BCUT2D eigenvalue weighted by molar-refractivity contribution is 0.0697. The van der Waals surface area contributed by atoms with E-state index in [9.17, 15) is 9.90 Å². The van der Waals surface area contributed by atoms with Gasteiger partial charge in [0.25, 0.3) is 0 Å². The molecule has 0 spiro atoms. The second-order valence-corrected chi connectivity index (χ2v) is 4.16. The van der Waals surface area contributed by atoms with E-state index in [2.05, 4.69) is 15.5 Å². The highest BCUT2D eigenvalue weighted by molar-refractivity contribution is 5.95. The summed E-state index contributed by atoms with van der Waals surface area (Å²) in [5, 5.41) is 20.6. The number of aryl methyl sites for hydroxylation is 4. The number of carboxylic acid groups (broad SMARTS) is 1. The lowest BCUT2D eigenvalue weighted by Crippen LogP contribution is -2.05. The fourth-order valence-electron chi connectivity index (χ4n) is 1.91. The Morgan fingerprint density at radius 2 is 1.94 bits per heavy atom. The monoisotopic (exact) mass is 249 g/mol. The van der Waals surface area contributed by atoms with Gasteiger partial charge in [-0.25, -0.2) is 4.79 Å². The second kappa shape index (κ2) is 4.17. The number of nitrogens with zero attached hydrogens (tertiary/aromatic N) is 4. The lowest BCUT2D eigenvalue weighted by Gasteiger charge is -2.06. The summed E-state index contributed by atoms with van der Waals surface area (Å²) < 4.78 is 3.19. The molecule has 0 aliphatic heterocycles. The van der Waals surface area contributed by atoms with Crippen molar-refractivity contribution in [3.8, 4) is 0 Å². The van der Waals surface area contributed by atoms with Crippen LogP contribution in [0.15, 0.2) is 6.20 Å². The molecule has 0 aliphatic carbocycles. The third kappa shape index (κ3) is 1.94. The van der Waals surface area contributed by atoms with Gasteiger partial charge >= 0.3 is 5.97 Å². The highest BCUT2D eigenvalue weighted by Gasteiger charge is 2.20. The zero-order chi connectivity index (χ0) is 13.4. The standard InChI is InChI=1S/C11H15N5O2/c1-6-8(5-15(3)13-6)12-10-9(11(17)18)7(2)14-16(10)4/h5,12H,1-4H3,(H,17,18). The number of aromatic nitrogens is 4. The minimum Gasteiger partial charge on any atom is -0.477 e. The maximum absolute atomic E-state index is 11.2. The van der Waals surface area contributed by atoms with Crippen LogP contribution in [0.25, 0.3) is 0 Å². The van der Waals surface area contributed by atoms with E-state index in [0.717, 1.165) is 11.4 Å². The number of carboxylic acids is 1. The molecular weight excluding hydrogens is 234 g/mol. The summed E-state index contributed by atoms with van der Waals surface area (Å²) in [5.74, 6) is -0.541. The van der Waals surface area contributed by atoms with Crippen LogP contribution in [0, 0.1) is 13.8 Å². The maximum Gasteiger partial charge on any atom is 0.341 e. The number of nitrogens with one attached hydrogen (secondary N) is 1. The fraction of sp³-hybridized carbons (Fsp3) is 0.364. The van der Waals surface area contributed by atoms with Crippen LogP contribution in [-0.2, 0) is 14.1 Å². The van der Waals surface area contributed by atoms with E-state index in [-0.39, 0.29) is 5.56 Å². The summed E-state index contributed by atoms with van der Waals surface area (Å²) >= 11 is 0. The average Bonchev–Trinajstić information content (AvgIpc) is 2.68. The summed E-state index contributed by atoms with van der Waals surface area (Å²) in [6.07, 6.45) is 1.79. The van der Waals surface area contributed by atoms with E-state index >= 15 is 0 Å². The SMILES string of the molecule is Cc1nn(C)cc1Nc1c(C(=O)O)c(C)nn1C. The Morgan fingerprint density at radius 1 is 1.28 bits per heavy atom. The van der Waals surface area contributed by atoms with Gasteiger partial charge < -0.3 is 10.4 Å². The van der Waals surface area contributed by atoms with Gasteiger partial charge in [-0.3, -0.25) is 9.36 Å². The Balaban J connectivity index is 2.46. The number of hydrogen-bond donors (Lipinski definition) is 2. The molecule has 0 aromatic carbocycles. The largest absolute Gasteiger partial charge is 0.477 e. The molecule has 7 heteroatoms. The number of carbonyl (C=O) groups is 1. The molecule has 96 valence electrons. The van der Waals surface area contributed by atoms with Crippen molar-refractivity contribution in [1.82, 2.24) is 19.6 Å². The van der Waals surface area contributed by atoms with Crippen LogP contribution in [0.2, 0.25) is 0 Å². The molecule has 0 fully saturated rings. The predicted octanol–water partition coefficient (Wildman–Crippen LogP) is 1.21. The van der Waals surface area contributed by atoms with Gasteiger partial charge in [0.1, 0.15) is 11.4 Å². The molecule has 0 aliphatic rings. The molecule has 0 unspecified atom stereocenters. The first-order valence-corrected chi connectivity index (χ1v) is 5.44. The summed E-state index contributed by atoms with van der Waals surface area (Å²) in [4.78, 5) is 11.2. The summed E-state index contributed by atoms with van der Waals surface area (Å²) in [6.45, 7) is 3.52. The zero-order valence-corrected chi connectivity index (χ0v) is 10.7. The number of hydrogen-bond acceptors (Lipinski definition) is 4. The molecular formula is C11H15N5O2. The van der Waals surface area contributed by atoms with E-state index in [1.807, 2.05) is 14.0 Å². The van der Waals surface area contributed by atoms with Crippen LogP contribution in [-0.4, -0.2) is 30.6 Å². The molecule has 7 nitrogen and oxygen atoms in total. The van der Waals surface area contributed by atoms with Crippen LogP contribution in [0.1, 0.15) is 21.7 Å². The van der Waals surface area contributed by atoms with Gasteiger partial charge in [0.05, 0.1) is 17.1 Å². The number of rotatable bonds is 3. The molecule has 2 heterocycles. The first-order valence-electron chi connectivity index (χ1n) is 5.44. The van der Waals surface area contributed by atoms with Crippen LogP contribution in [0.4, 0.5) is 11.5 Å². The molecule has 0 bridgehead atoms. The molecule has 18 heavy (non-hydrogen) atoms. The van der Waals surface area contributed by atoms with Gasteiger partial charge in [-0.1, -0.05) is 0 Å². The molecule has 0 saturated heterocycles. The molecule has 2 aromatic rings. The zero-order valence-electron chi connectivity index (χ0n) is 10.7. The lowest BCUT2D eigenvalue weighted by atomic mass is 10.2. The Bertz CT molecular complexity index is 611. The van der Waals surface area contributed by atoms with E-state index in [1.165, 1.54) is 4.68 Å². The van der Waals surface area contributed by atoms with Gasteiger partial charge in [0.15, 0.2) is 0 Å².